The van der Waals surface area contributed by atoms with E-state index >= 15 is 0 Å². The van der Waals surface area contributed by atoms with Crippen molar-refractivity contribution >= 4 is 52.1 Å². The number of anilines is 4. The van der Waals surface area contributed by atoms with Crippen LogP contribution in [0.25, 0.3) is 0 Å². The third-order valence-electron chi connectivity index (χ3n) is 11.2. The number of rotatable bonds is 12. The highest BCUT2D eigenvalue weighted by Crippen LogP contribution is 2.41. The highest BCUT2D eigenvalue weighted by atomic mass is 19.4. The molecule has 0 saturated heterocycles. The molecule has 0 bridgehead atoms. The molecule has 1 aliphatic rings. The zero-order chi connectivity index (χ0) is 56.6. The fourth-order valence-electron chi connectivity index (χ4n) is 7.67. The van der Waals surface area contributed by atoms with Crippen LogP contribution in [0.5, 0.6) is 0 Å². The van der Waals surface area contributed by atoms with Crippen LogP contribution in [0.15, 0.2) is 114 Å². The van der Waals surface area contributed by atoms with Crippen LogP contribution < -0.4 is 31.9 Å². The van der Waals surface area contributed by atoms with Crippen molar-refractivity contribution in [2.45, 2.75) is 64.0 Å². The molecular formula is C49H37F16N6O5+. The molecule has 0 saturated carbocycles. The van der Waals surface area contributed by atoms with E-state index in [1.807, 2.05) is 5.32 Å². The Labute approximate surface area is 418 Å². The molecule has 0 aromatic heterocycles. The van der Waals surface area contributed by atoms with Crippen molar-refractivity contribution in [3.8, 4) is 0 Å². The van der Waals surface area contributed by atoms with Gasteiger partial charge in [-0.3, -0.25) is 24.5 Å². The number of halogens is 16. The minimum atomic E-state index is -5.50. The van der Waals surface area contributed by atoms with Crippen LogP contribution in [-0.4, -0.2) is 47.3 Å². The Kier molecular flexibility index (Phi) is 16.1. The second kappa shape index (κ2) is 21.4. The van der Waals surface area contributed by atoms with Gasteiger partial charge in [0.05, 0.1) is 45.2 Å². The van der Waals surface area contributed by atoms with Crippen molar-refractivity contribution in [3.63, 3.8) is 0 Å². The number of carbonyl (C=O) groups excluding carboxylic acids is 4. The molecular weight excluding hydrogens is 1060 g/mol. The van der Waals surface area contributed by atoms with E-state index < -0.39 is 146 Å². The van der Waals surface area contributed by atoms with Crippen molar-refractivity contribution < 1.29 is 99.8 Å². The lowest BCUT2D eigenvalue weighted by molar-refractivity contribution is -0.645. The van der Waals surface area contributed by atoms with Gasteiger partial charge >= 0.3 is 30.9 Å². The first-order chi connectivity index (χ1) is 35.0. The molecule has 11 nitrogen and oxygen atoms in total. The fraction of sp³-hybridized carbons (Fsp3) is 0.224. The number of hydrogen-bond donors (Lipinski definition) is 7. The summed E-state index contributed by atoms with van der Waals surface area (Å²) in [5.41, 5.74) is -12.8. The molecule has 3 unspecified atom stereocenters. The predicted octanol–water partition coefficient (Wildman–Crippen LogP) is 11.7. The summed E-state index contributed by atoms with van der Waals surface area (Å²) in [5.74, 6) is -7.83. The topological polar surface area (TPSA) is 165 Å². The number of aliphatic hydroxyl groups is 1. The number of nitrogens with one attached hydrogen (secondary N) is 5. The van der Waals surface area contributed by atoms with E-state index in [-0.39, 0.29) is 46.8 Å². The number of amides is 4. The number of benzene rings is 5. The maximum absolute atomic E-state index is 14.8. The summed E-state index contributed by atoms with van der Waals surface area (Å²) in [7, 11) is 0. The Morgan fingerprint density at radius 3 is 1.47 bits per heavy atom. The van der Waals surface area contributed by atoms with E-state index in [1.54, 1.807) is 5.32 Å². The number of alkyl halides is 15. The zero-order valence-corrected chi connectivity index (χ0v) is 38.8. The van der Waals surface area contributed by atoms with E-state index in [9.17, 15) is 94.5 Å². The van der Waals surface area contributed by atoms with Gasteiger partial charge in [-0.15, -0.1) is 0 Å². The number of aliphatic hydroxyl groups excluding tert-OH is 1. The molecule has 1 aliphatic carbocycles. The summed E-state index contributed by atoms with van der Waals surface area (Å²) < 4.78 is 219. The maximum atomic E-state index is 14.8. The Hall–Kier alpha value is -7.94. The van der Waals surface area contributed by atoms with Gasteiger partial charge in [-0.2, -0.15) is 65.9 Å². The van der Waals surface area contributed by atoms with E-state index in [4.69, 9.17) is 0 Å². The summed E-state index contributed by atoms with van der Waals surface area (Å²) in [6.07, 6.45) is -25.4. The van der Waals surface area contributed by atoms with Gasteiger partial charge in [0.1, 0.15) is 11.5 Å². The molecule has 8 N–H and O–H groups in total. The molecule has 0 heterocycles. The standard InChI is InChI=1S/C49H36F16N6O5/c1-21-10-23(3)39(34(11-21)49(63,64)65)71-43(75)27-14-24(40(72)68-36-7-4-28(12-22(36)2)45(51,52)53)15-32(18-27)67-44(76)66-31-16-25(41(73)69-37-8-5-29(46(54,55)56)19-33(37)48(60,61)62)13-26(17-31)42(74)70-38-9-6-30(20-35(38)50)47(57,58)59/h4-20,23,39,44,66-67,76H,1-3H3,(H,68,72)(H,69,73)(H,70,74)(H,71,75)/p+1. The predicted molar refractivity (Wildman–Crippen MR) is 240 cm³/mol. The summed E-state index contributed by atoms with van der Waals surface area (Å²) in [5, 5.41) is 22.9. The molecule has 4 amide bonds. The van der Waals surface area contributed by atoms with Crippen molar-refractivity contribution in [2.75, 3.05) is 21.3 Å². The number of nitrogens with two attached hydrogens (primary N) is 1. The third kappa shape index (κ3) is 14.1. The van der Waals surface area contributed by atoms with Gasteiger partial charge in [-0.05, 0) is 110 Å². The lowest BCUT2D eigenvalue weighted by atomic mass is 9.86. The Bertz CT molecular complexity index is 3160. The maximum Gasteiger partial charge on any atom is 0.418 e. The molecule has 76 heavy (non-hydrogen) atoms. The van der Waals surface area contributed by atoms with Gasteiger partial charge in [-0.1, -0.05) is 18.6 Å². The molecule has 5 aromatic rings. The highest BCUT2D eigenvalue weighted by Gasteiger charge is 2.43. The quantitative estimate of drug-likeness (QED) is 0.0373. The van der Waals surface area contributed by atoms with Crippen molar-refractivity contribution in [1.82, 2.24) is 5.32 Å². The van der Waals surface area contributed by atoms with Crippen LogP contribution in [0.2, 0.25) is 0 Å². The Morgan fingerprint density at radius 2 is 0.987 bits per heavy atom. The monoisotopic (exact) mass is 1090 g/mol. The summed E-state index contributed by atoms with van der Waals surface area (Å²) in [4.78, 5) is 54.7. The highest BCUT2D eigenvalue weighted by molar-refractivity contribution is 6.10. The number of aryl methyl sites for hydroxylation is 1. The summed E-state index contributed by atoms with van der Waals surface area (Å²) in [6, 6.07) is 6.80. The molecule has 6 rings (SSSR count). The zero-order valence-electron chi connectivity index (χ0n) is 38.8. The molecule has 0 spiro atoms. The number of allylic oxidation sites excluding steroid dienone is 2. The minimum Gasteiger partial charge on any atom is -0.345 e. The minimum absolute atomic E-state index is 0.0237. The first kappa shape index (κ1) is 57.3. The van der Waals surface area contributed by atoms with Gasteiger partial charge in [0.25, 0.3) is 30.0 Å². The van der Waals surface area contributed by atoms with Gasteiger partial charge in [0, 0.05) is 45.8 Å². The summed E-state index contributed by atoms with van der Waals surface area (Å²) >= 11 is 0. The second-order valence-electron chi connectivity index (χ2n) is 17.1. The SMILES string of the molecule is CC1=CC(C)C(NC(=O)c2cc([NH2+]C(O)Nc3cc(C(=O)Nc4ccc(C(F)(F)F)cc4F)cc(C(=O)Nc4ccc(C(F)(F)F)cc4C(F)(F)F)c3)cc(C(=O)Nc3ccc(C(F)(F)F)cc3C)c2)C(C(F)(F)F)=C1. The van der Waals surface area contributed by atoms with Crippen molar-refractivity contribution in [1.29, 1.82) is 0 Å². The normalized spacial score (nSPS) is 15.7. The number of hydrogen-bond acceptors (Lipinski definition) is 6. The van der Waals surface area contributed by atoms with Gasteiger partial charge in [0.2, 0.25) is 0 Å². The van der Waals surface area contributed by atoms with E-state index in [2.05, 4.69) is 16.0 Å². The Balaban J connectivity index is 1.37. The first-order valence-electron chi connectivity index (χ1n) is 21.6. The average molecular weight is 1090 g/mol. The van der Waals surface area contributed by atoms with Crippen molar-refractivity contribution in [2.24, 2.45) is 5.92 Å². The van der Waals surface area contributed by atoms with Crippen LogP contribution in [0, 0.1) is 18.7 Å². The lowest BCUT2D eigenvalue weighted by Crippen LogP contribution is -2.87. The molecule has 0 radical (unpaired) electrons. The lowest BCUT2D eigenvalue weighted by Gasteiger charge is -2.30. The third-order valence-corrected chi connectivity index (χ3v) is 11.2. The second-order valence-corrected chi connectivity index (χ2v) is 17.1. The molecule has 0 fully saturated rings. The van der Waals surface area contributed by atoms with Crippen LogP contribution in [0.1, 0.15) is 83.1 Å². The van der Waals surface area contributed by atoms with E-state index in [0.717, 1.165) is 47.8 Å². The summed E-state index contributed by atoms with van der Waals surface area (Å²) in [6.45, 7) is 3.99. The smallest absolute Gasteiger partial charge is 0.345 e. The van der Waals surface area contributed by atoms with Crippen LogP contribution in [-0.2, 0) is 24.7 Å². The van der Waals surface area contributed by atoms with Gasteiger partial charge in [0.15, 0.2) is 0 Å². The van der Waals surface area contributed by atoms with Gasteiger partial charge < -0.3 is 31.7 Å². The van der Waals surface area contributed by atoms with Gasteiger partial charge in [-0.25, -0.2) is 4.39 Å². The average Bonchev–Trinajstić information content (AvgIpc) is 3.29. The number of quaternary nitrogens is 1. The molecule has 0 aliphatic heterocycles. The first-order valence-corrected chi connectivity index (χ1v) is 21.6. The van der Waals surface area contributed by atoms with Crippen LogP contribution >= 0.6 is 0 Å². The van der Waals surface area contributed by atoms with E-state index in [0.29, 0.717) is 30.3 Å². The van der Waals surface area contributed by atoms with Crippen molar-refractivity contribution in [3.05, 3.63) is 170 Å². The molecule has 5 aromatic carbocycles. The molecule has 3 atom stereocenters. The largest absolute Gasteiger partial charge is 0.418 e. The Morgan fingerprint density at radius 1 is 0.539 bits per heavy atom. The van der Waals surface area contributed by atoms with Crippen LogP contribution in [0.4, 0.5) is 98.7 Å². The fourth-order valence-corrected chi connectivity index (χ4v) is 7.67. The number of carbonyl (C=O) groups is 4. The molecule has 404 valence electrons. The van der Waals surface area contributed by atoms with Crippen LogP contribution in [0.3, 0.4) is 0 Å². The molecule has 27 heteroatoms. The van der Waals surface area contributed by atoms with E-state index in [1.165, 1.54) is 26.8 Å².